The first kappa shape index (κ1) is 13.7. The molecule has 0 amide bonds. The van der Waals surface area contributed by atoms with Crippen molar-refractivity contribution in [2.24, 2.45) is 4.99 Å². The summed E-state index contributed by atoms with van der Waals surface area (Å²) in [5.74, 6) is 0. The lowest BCUT2D eigenvalue weighted by molar-refractivity contribution is 1.20. The van der Waals surface area contributed by atoms with E-state index in [-0.39, 0.29) is 0 Å². The molecule has 1 aromatic carbocycles. The monoisotopic (exact) mass is 247 g/mol. The van der Waals surface area contributed by atoms with E-state index >= 15 is 0 Å². The predicted molar refractivity (Wildman–Crippen MR) is 77.6 cm³/mol. The van der Waals surface area contributed by atoms with Crippen LogP contribution in [0, 0.1) is 0 Å². The molecule has 0 radical (unpaired) electrons. The summed E-state index contributed by atoms with van der Waals surface area (Å²) in [6.07, 6.45) is 7.08. The lowest BCUT2D eigenvalue weighted by Crippen LogP contribution is -1.83. The second kappa shape index (κ2) is 7.08. The summed E-state index contributed by atoms with van der Waals surface area (Å²) in [5, 5.41) is 0.733. The Labute approximate surface area is 109 Å². The van der Waals surface area contributed by atoms with E-state index in [1.54, 1.807) is 6.21 Å². The molecule has 0 N–H and O–H groups in total. The van der Waals surface area contributed by atoms with Gasteiger partial charge in [0.15, 0.2) is 0 Å². The Hall–Kier alpha value is -1.34. The van der Waals surface area contributed by atoms with E-state index in [2.05, 4.69) is 31.0 Å². The van der Waals surface area contributed by atoms with Crippen LogP contribution in [0.5, 0.6) is 0 Å². The van der Waals surface area contributed by atoms with Crippen LogP contribution in [0.4, 0.5) is 0 Å². The van der Waals surface area contributed by atoms with Crippen molar-refractivity contribution >= 4 is 23.5 Å². The lowest BCUT2D eigenvalue weighted by atomic mass is 10.1. The quantitative estimate of drug-likeness (QED) is 0.517. The van der Waals surface area contributed by atoms with Gasteiger partial charge < -0.3 is 0 Å². The van der Waals surface area contributed by atoms with Gasteiger partial charge in [-0.15, -0.1) is 0 Å². The highest BCUT2D eigenvalue weighted by Gasteiger charge is 2.00. The topological polar surface area (TPSA) is 12.4 Å². The smallest absolute Gasteiger partial charge is 0.0700 e. The summed E-state index contributed by atoms with van der Waals surface area (Å²) >= 11 is 5.99. The Kier molecular flexibility index (Phi) is 5.71. The first-order valence-electron chi connectivity index (χ1n) is 5.80. The molecule has 0 fully saturated rings. The number of benzene rings is 1. The van der Waals surface area contributed by atoms with Gasteiger partial charge in [0.25, 0.3) is 0 Å². The molecule has 0 atom stereocenters. The van der Waals surface area contributed by atoms with Crippen molar-refractivity contribution in [1.29, 1.82) is 0 Å². The minimum atomic E-state index is 0.733. The number of halogens is 1. The summed E-state index contributed by atoms with van der Waals surface area (Å²) in [5.41, 5.74) is 3.20. The molecule has 2 heteroatoms. The first-order valence-corrected chi connectivity index (χ1v) is 6.18. The molecule has 0 unspecified atom stereocenters. The standard InChI is InChI=1S/C15H18ClN/c1-4-7-12(3)10-15(17-5-2)13-8-6-9-14(16)11-13/h5-11H,4H2,1-3H3/b12-7+,15-10-,17-5?. The average Bonchev–Trinajstić information content (AvgIpc) is 2.29. The molecule has 17 heavy (non-hydrogen) atoms. The molecule has 0 aliphatic carbocycles. The normalized spacial score (nSPS) is 13.4. The zero-order valence-corrected chi connectivity index (χ0v) is 11.3. The molecular weight excluding hydrogens is 230 g/mol. The fourth-order valence-corrected chi connectivity index (χ4v) is 1.77. The number of nitrogens with zero attached hydrogens (tertiary/aromatic N) is 1. The van der Waals surface area contributed by atoms with Gasteiger partial charge in [-0.2, -0.15) is 0 Å². The highest BCUT2D eigenvalue weighted by Crippen LogP contribution is 2.21. The summed E-state index contributed by atoms with van der Waals surface area (Å²) in [6, 6.07) is 7.76. The molecule has 0 saturated heterocycles. The van der Waals surface area contributed by atoms with Crippen molar-refractivity contribution < 1.29 is 0 Å². The zero-order chi connectivity index (χ0) is 12.7. The Balaban J connectivity index is 3.14. The van der Waals surface area contributed by atoms with Crippen LogP contribution in [-0.4, -0.2) is 6.21 Å². The number of allylic oxidation sites excluding steroid dienone is 3. The van der Waals surface area contributed by atoms with Gasteiger partial charge in [0, 0.05) is 16.8 Å². The second-order valence-corrected chi connectivity index (χ2v) is 4.22. The molecule has 0 aliphatic rings. The van der Waals surface area contributed by atoms with E-state index in [9.17, 15) is 0 Å². The maximum Gasteiger partial charge on any atom is 0.0700 e. The highest BCUT2D eigenvalue weighted by molar-refractivity contribution is 6.30. The van der Waals surface area contributed by atoms with Crippen molar-refractivity contribution in [2.45, 2.75) is 27.2 Å². The number of hydrogen-bond acceptors (Lipinski definition) is 1. The van der Waals surface area contributed by atoms with E-state index in [0.717, 1.165) is 22.7 Å². The molecule has 1 aromatic rings. The summed E-state index contributed by atoms with van der Waals surface area (Å²) < 4.78 is 0. The van der Waals surface area contributed by atoms with E-state index < -0.39 is 0 Å². The van der Waals surface area contributed by atoms with E-state index in [1.165, 1.54) is 5.57 Å². The molecule has 0 aliphatic heterocycles. The van der Waals surface area contributed by atoms with Crippen LogP contribution >= 0.6 is 11.6 Å². The Morgan fingerprint density at radius 1 is 1.41 bits per heavy atom. The fraction of sp³-hybridized carbons (Fsp3) is 0.267. The fourth-order valence-electron chi connectivity index (χ4n) is 1.58. The van der Waals surface area contributed by atoms with Gasteiger partial charge in [-0.1, -0.05) is 42.3 Å². The van der Waals surface area contributed by atoms with Crippen LogP contribution in [-0.2, 0) is 0 Å². The van der Waals surface area contributed by atoms with Crippen molar-refractivity contribution in [3.63, 3.8) is 0 Å². The van der Waals surface area contributed by atoms with Crippen LogP contribution in [0.2, 0.25) is 5.02 Å². The Morgan fingerprint density at radius 2 is 2.18 bits per heavy atom. The molecule has 90 valence electrons. The van der Waals surface area contributed by atoms with Crippen LogP contribution in [0.25, 0.3) is 5.70 Å². The van der Waals surface area contributed by atoms with Gasteiger partial charge in [0.2, 0.25) is 0 Å². The van der Waals surface area contributed by atoms with Crippen molar-refractivity contribution in [3.8, 4) is 0 Å². The molecule has 0 spiro atoms. The molecule has 0 bridgehead atoms. The predicted octanol–water partition coefficient (Wildman–Crippen LogP) is 5.13. The van der Waals surface area contributed by atoms with Gasteiger partial charge in [0.1, 0.15) is 0 Å². The maximum atomic E-state index is 5.99. The molecular formula is C15H18ClN. The minimum Gasteiger partial charge on any atom is -0.261 e. The summed E-state index contributed by atoms with van der Waals surface area (Å²) in [6.45, 7) is 6.12. The van der Waals surface area contributed by atoms with Crippen LogP contribution in [0.1, 0.15) is 32.8 Å². The van der Waals surface area contributed by atoms with Gasteiger partial charge in [0.05, 0.1) is 5.70 Å². The molecule has 0 heterocycles. The largest absolute Gasteiger partial charge is 0.261 e. The SMILES string of the molecule is CC=N/C(=C\C(C)=C\CC)c1cccc(Cl)c1. The minimum absolute atomic E-state index is 0.733. The van der Waals surface area contributed by atoms with Gasteiger partial charge in [-0.05, 0) is 38.5 Å². The zero-order valence-electron chi connectivity index (χ0n) is 10.6. The van der Waals surface area contributed by atoms with E-state index in [4.69, 9.17) is 11.6 Å². The van der Waals surface area contributed by atoms with Crippen molar-refractivity contribution in [1.82, 2.24) is 0 Å². The third-order valence-corrected chi connectivity index (χ3v) is 2.51. The third kappa shape index (κ3) is 4.58. The number of rotatable bonds is 4. The first-order chi connectivity index (χ1) is 8.17. The van der Waals surface area contributed by atoms with Crippen molar-refractivity contribution in [3.05, 3.63) is 52.6 Å². The van der Waals surface area contributed by atoms with E-state index in [0.29, 0.717) is 0 Å². The molecule has 0 saturated carbocycles. The van der Waals surface area contributed by atoms with Crippen LogP contribution in [0.3, 0.4) is 0 Å². The Bertz CT molecular complexity index is 456. The second-order valence-electron chi connectivity index (χ2n) is 3.78. The third-order valence-electron chi connectivity index (χ3n) is 2.28. The summed E-state index contributed by atoms with van der Waals surface area (Å²) in [4.78, 5) is 4.39. The van der Waals surface area contributed by atoms with Crippen molar-refractivity contribution in [2.75, 3.05) is 0 Å². The molecule has 1 nitrogen and oxygen atoms in total. The highest BCUT2D eigenvalue weighted by atomic mass is 35.5. The maximum absolute atomic E-state index is 5.99. The Morgan fingerprint density at radius 3 is 2.76 bits per heavy atom. The van der Waals surface area contributed by atoms with Gasteiger partial charge in [-0.3, -0.25) is 4.99 Å². The lowest BCUT2D eigenvalue weighted by Gasteiger charge is -2.03. The van der Waals surface area contributed by atoms with Crippen LogP contribution in [0.15, 0.2) is 47.0 Å². The number of aliphatic imine (C=N–C) groups is 1. The average molecular weight is 248 g/mol. The van der Waals surface area contributed by atoms with Gasteiger partial charge in [-0.25, -0.2) is 0 Å². The van der Waals surface area contributed by atoms with Gasteiger partial charge >= 0.3 is 0 Å². The number of hydrogen-bond donors (Lipinski definition) is 0. The molecule has 0 aromatic heterocycles. The summed E-state index contributed by atoms with van der Waals surface area (Å²) in [7, 11) is 0. The van der Waals surface area contributed by atoms with E-state index in [1.807, 2.05) is 31.2 Å². The van der Waals surface area contributed by atoms with Crippen LogP contribution < -0.4 is 0 Å². The molecule has 1 rings (SSSR count).